The van der Waals surface area contributed by atoms with E-state index in [0.717, 1.165) is 32.6 Å². The molecule has 0 spiro atoms. The first kappa shape index (κ1) is 22.5. The Balaban J connectivity index is 1.35. The van der Waals surface area contributed by atoms with E-state index in [9.17, 15) is 9.90 Å². The van der Waals surface area contributed by atoms with Gasteiger partial charge in [0.05, 0.1) is 17.0 Å². The fourth-order valence-electron chi connectivity index (χ4n) is 3.86. The highest BCUT2D eigenvalue weighted by Crippen LogP contribution is 2.39. The molecule has 34 heavy (non-hydrogen) atoms. The lowest BCUT2D eigenvalue weighted by molar-refractivity contribution is -0.133. The van der Waals surface area contributed by atoms with Gasteiger partial charge in [0.25, 0.3) is 0 Å². The number of aliphatic hydroxyl groups is 1. The number of rotatable bonds is 6. The van der Waals surface area contributed by atoms with Crippen LogP contribution in [0.5, 0.6) is 11.5 Å². The van der Waals surface area contributed by atoms with Crippen LogP contribution in [-0.2, 0) is 18.0 Å². The minimum atomic E-state index is -0.893. The molecule has 0 radical (unpaired) electrons. The van der Waals surface area contributed by atoms with Crippen molar-refractivity contribution in [3.8, 4) is 11.5 Å². The van der Waals surface area contributed by atoms with Crippen molar-refractivity contribution in [2.45, 2.75) is 24.2 Å². The van der Waals surface area contributed by atoms with E-state index in [-0.39, 0.29) is 19.0 Å². The zero-order chi connectivity index (χ0) is 23.7. The van der Waals surface area contributed by atoms with Gasteiger partial charge < -0.3 is 19.7 Å². The number of pyridine rings is 1. The summed E-state index contributed by atoms with van der Waals surface area (Å²) >= 11 is 7.31. The number of hydrogen-bond acceptors (Lipinski definition) is 6. The highest BCUT2D eigenvalue weighted by molar-refractivity contribution is 8.00. The summed E-state index contributed by atoms with van der Waals surface area (Å²) in [6.07, 6.45) is -0.893. The monoisotopic (exact) mass is 493 g/mol. The van der Waals surface area contributed by atoms with Crippen molar-refractivity contribution in [3.63, 3.8) is 0 Å². The summed E-state index contributed by atoms with van der Waals surface area (Å²) in [5, 5.41) is 21.6. The standard InChI is InChI=1S/C26H20ClNO5S/c27-17-3-1-15-2-4-18(28-23(15)10-17)13-32-19-5-8-24-22(11-19)26(31)21-7-6-20(34-14-25(29)30)9-16(21)12-33-24/h1-11,26,31H,12-14H2,(H,29,30). The third-order valence-electron chi connectivity index (χ3n) is 5.53. The molecule has 1 aromatic heterocycles. The minimum Gasteiger partial charge on any atom is -0.488 e. The Morgan fingerprint density at radius 2 is 1.94 bits per heavy atom. The van der Waals surface area contributed by atoms with Crippen molar-refractivity contribution in [2.75, 3.05) is 5.75 Å². The number of aromatic nitrogens is 1. The van der Waals surface area contributed by atoms with Crippen LogP contribution in [0.25, 0.3) is 10.9 Å². The molecule has 3 aromatic carbocycles. The quantitative estimate of drug-likeness (QED) is 0.337. The average Bonchev–Trinajstić information content (AvgIpc) is 2.97. The number of carboxylic acid groups (broad SMARTS) is 1. The number of benzene rings is 3. The predicted molar refractivity (Wildman–Crippen MR) is 131 cm³/mol. The fraction of sp³-hybridized carbons (Fsp3) is 0.154. The number of thioether (sulfide) groups is 1. The zero-order valence-corrected chi connectivity index (χ0v) is 19.5. The van der Waals surface area contributed by atoms with Crippen LogP contribution in [0.3, 0.4) is 0 Å². The van der Waals surface area contributed by atoms with Gasteiger partial charge in [-0.25, -0.2) is 4.98 Å². The first-order valence-corrected chi connectivity index (χ1v) is 11.9. The van der Waals surface area contributed by atoms with Crippen LogP contribution in [0.4, 0.5) is 0 Å². The summed E-state index contributed by atoms with van der Waals surface area (Å²) in [6, 6.07) is 20.3. The Morgan fingerprint density at radius 3 is 2.79 bits per heavy atom. The van der Waals surface area contributed by atoms with E-state index in [1.165, 1.54) is 11.8 Å². The molecule has 172 valence electrons. The van der Waals surface area contributed by atoms with Gasteiger partial charge in [-0.15, -0.1) is 11.8 Å². The molecule has 1 aliphatic heterocycles. The van der Waals surface area contributed by atoms with E-state index in [0.29, 0.717) is 22.1 Å². The average molecular weight is 494 g/mol. The number of aliphatic carboxylic acids is 1. The number of fused-ring (bicyclic) bond motifs is 3. The van der Waals surface area contributed by atoms with Crippen LogP contribution in [0, 0.1) is 0 Å². The van der Waals surface area contributed by atoms with Crippen molar-refractivity contribution in [3.05, 3.63) is 94.1 Å². The van der Waals surface area contributed by atoms with Crippen LogP contribution in [0.1, 0.15) is 28.5 Å². The van der Waals surface area contributed by atoms with Crippen molar-refractivity contribution in [2.24, 2.45) is 0 Å². The molecule has 6 nitrogen and oxygen atoms in total. The van der Waals surface area contributed by atoms with Gasteiger partial charge in [0.1, 0.15) is 30.8 Å². The second-order valence-electron chi connectivity index (χ2n) is 7.86. The molecule has 5 rings (SSSR count). The van der Waals surface area contributed by atoms with E-state index < -0.39 is 12.1 Å². The Morgan fingerprint density at radius 1 is 1.09 bits per heavy atom. The lowest BCUT2D eigenvalue weighted by Gasteiger charge is -2.15. The first-order valence-electron chi connectivity index (χ1n) is 10.6. The van der Waals surface area contributed by atoms with Gasteiger partial charge in [-0.1, -0.05) is 29.8 Å². The minimum absolute atomic E-state index is 0.0256. The summed E-state index contributed by atoms with van der Waals surface area (Å²) in [5.41, 5.74) is 3.72. The molecule has 0 saturated heterocycles. The predicted octanol–water partition coefficient (Wildman–Crippen LogP) is 5.62. The lowest BCUT2D eigenvalue weighted by Crippen LogP contribution is -2.03. The summed E-state index contributed by atoms with van der Waals surface area (Å²) in [7, 11) is 0. The second-order valence-corrected chi connectivity index (χ2v) is 9.35. The maximum absolute atomic E-state index is 11.1. The van der Waals surface area contributed by atoms with Gasteiger partial charge >= 0.3 is 5.97 Å². The van der Waals surface area contributed by atoms with Crippen LogP contribution in [0.15, 0.2) is 71.6 Å². The summed E-state index contributed by atoms with van der Waals surface area (Å²) in [6.45, 7) is 0.545. The number of carbonyl (C=O) groups is 1. The Labute approximate surface area is 205 Å². The molecule has 4 aromatic rings. The number of aliphatic hydroxyl groups excluding tert-OH is 1. The van der Waals surface area contributed by atoms with Gasteiger partial charge in [0, 0.05) is 20.9 Å². The molecule has 0 bridgehead atoms. The number of ether oxygens (including phenoxy) is 2. The second kappa shape index (κ2) is 9.54. The Hall–Kier alpha value is -3.26. The highest BCUT2D eigenvalue weighted by Gasteiger charge is 2.24. The normalized spacial score (nSPS) is 14.6. The Bertz CT molecular complexity index is 1390. The van der Waals surface area contributed by atoms with Gasteiger partial charge in [0.15, 0.2) is 0 Å². The lowest BCUT2D eigenvalue weighted by atomic mass is 9.97. The van der Waals surface area contributed by atoms with Crippen LogP contribution in [0.2, 0.25) is 5.02 Å². The number of halogens is 1. The summed E-state index contributed by atoms with van der Waals surface area (Å²) in [4.78, 5) is 16.3. The molecular weight excluding hydrogens is 474 g/mol. The van der Waals surface area contributed by atoms with Crippen LogP contribution >= 0.6 is 23.4 Å². The topological polar surface area (TPSA) is 88.9 Å². The van der Waals surface area contributed by atoms with Crippen molar-refractivity contribution < 1.29 is 24.5 Å². The van der Waals surface area contributed by atoms with E-state index in [1.54, 1.807) is 18.2 Å². The number of carboxylic acids is 1. The SMILES string of the molecule is O=C(O)CSc1ccc2c(c1)COc1ccc(OCc3ccc4ccc(Cl)cc4n3)cc1C2O. The maximum Gasteiger partial charge on any atom is 0.313 e. The largest absolute Gasteiger partial charge is 0.488 e. The molecule has 1 atom stereocenters. The summed E-state index contributed by atoms with van der Waals surface area (Å²) < 4.78 is 11.9. The van der Waals surface area contributed by atoms with E-state index in [2.05, 4.69) is 4.98 Å². The van der Waals surface area contributed by atoms with Gasteiger partial charge in [-0.2, -0.15) is 0 Å². The molecule has 0 amide bonds. The highest BCUT2D eigenvalue weighted by atomic mass is 35.5. The van der Waals surface area contributed by atoms with E-state index >= 15 is 0 Å². The van der Waals surface area contributed by atoms with Crippen molar-refractivity contribution in [1.29, 1.82) is 0 Å². The van der Waals surface area contributed by atoms with Gasteiger partial charge in [0.2, 0.25) is 0 Å². The van der Waals surface area contributed by atoms with Gasteiger partial charge in [-0.05, 0) is 59.7 Å². The molecule has 1 aliphatic rings. The molecule has 1 unspecified atom stereocenters. The summed E-state index contributed by atoms with van der Waals surface area (Å²) in [5.74, 6) is 0.266. The third kappa shape index (κ3) is 4.82. The molecule has 2 heterocycles. The maximum atomic E-state index is 11.1. The smallest absolute Gasteiger partial charge is 0.313 e. The van der Waals surface area contributed by atoms with E-state index in [4.69, 9.17) is 26.2 Å². The molecule has 0 aliphatic carbocycles. The number of nitrogens with zero attached hydrogens (tertiary/aromatic N) is 1. The van der Waals surface area contributed by atoms with Crippen LogP contribution in [-0.4, -0.2) is 26.9 Å². The molecular formula is C26H20ClNO5S. The van der Waals surface area contributed by atoms with E-state index in [1.807, 2.05) is 48.5 Å². The zero-order valence-electron chi connectivity index (χ0n) is 17.9. The number of hydrogen-bond donors (Lipinski definition) is 2. The van der Waals surface area contributed by atoms with Crippen molar-refractivity contribution in [1.82, 2.24) is 4.98 Å². The third-order valence-corrected chi connectivity index (χ3v) is 6.74. The van der Waals surface area contributed by atoms with Gasteiger partial charge in [-0.3, -0.25) is 4.79 Å². The molecule has 2 N–H and O–H groups in total. The van der Waals surface area contributed by atoms with Crippen molar-refractivity contribution >= 4 is 40.2 Å². The molecule has 0 saturated carbocycles. The molecule has 8 heteroatoms. The molecule has 0 fully saturated rings. The first-order chi connectivity index (χ1) is 16.5. The fourth-order valence-corrected chi connectivity index (χ4v) is 4.71. The van der Waals surface area contributed by atoms with Crippen LogP contribution < -0.4 is 9.47 Å². The Kier molecular flexibility index (Phi) is 6.32.